The Balaban J connectivity index is 1.50. The van der Waals surface area contributed by atoms with Gasteiger partial charge in [0, 0.05) is 46.9 Å². The van der Waals surface area contributed by atoms with Crippen LogP contribution in [0, 0.1) is 18.3 Å². The molecule has 1 saturated heterocycles. The number of carbonyl (C=O) groups is 2. The molecule has 44 heavy (non-hydrogen) atoms. The van der Waals surface area contributed by atoms with E-state index in [2.05, 4.69) is 11.1 Å². The largest absolute Gasteiger partial charge is 0.485 e. The topological polar surface area (TPSA) is 157 Å². The smallest absolute Gasteiger partial charge is 0.411 e. The van der Waals surface area contributed by atoms with E-state index in [1.165, 1.54) is 11.2 Å². The van der Waals surface area contributed by atoms with Gasteiger partial charge in [-0.1, -0.05) is 0 Å². The summed E-state index contributed by atoms with van der Waals surface area (Å²) in [5.74, 6) is -0.357. The zero-order valence-corrected chi connectivity index (χ0v) is 26.3. The van der Waals surface area contributed by atoms with E-state index in [-0.39, 0.29) is 42.3 Å². The van der Waals surface area contributed by atoms with Gasteiger partial charge in [-0.2, -0.15) is 10.4 Å². The molecular weight excluding hydrogens is 586 g/mol. The third-order valence-electron chi connectivity index (χ3n) is 7.36. The van der Waals surface area contributed by atoms with Crippen molar-refractivity contribution < 1.29 is 32.2 Å². The second kappa shape index (κ2) is 11.5. The van der Waals surface area contributed by atoms with E-state index in [0.717, 1.165) is 16.5 Å². The molecule has 0 spiro atoms. The summed E-state index contributed by atoms with van der Waals surface area (Å²) in [6.45, 7) is 9.08. The second-order valence-corrected chi connectivity index (χ2v) is 13.9. The summed E-state index contributed by atoms with van der Waals surface area (Å²) in [5, 5.41) is 16.1. The molecule has 3 heterocycles. The highest BCUT2D eigenvalue weighted by atomic mass is 32.2. The summed E-state index contributed by atoms with van der Waals surface area (Å²) in [6, 6.07) is 8.08. The number of rotatable bonds is 7. The first-order chi connectivity index (χ1) is 20.7. The van der Waals surface area contributed by atoms with Gasteiger partial charge in [-0.05, 0) is 64.4 Å². The van der Waals surface area contributed by atoms with Gasteiger partial charge in [0.2, 0.25) is 0 Å². The SMILES string of the molecule is CCOC(=O)[C@@H]1C[C@@H](Oc2c(C#N)ccc3cn(Cc4c(S(C)(=O)=O)cc(C)c5[nH]ccc45)nc23)CN1C(=O)OC(C)(C)C. The van der Waals surface area contributed by atoms with Gasteiger partial charge in [0.05, 0.1) is 30.2 Å². The Morgan fingerprint density at radius 3 is 2.64 bits per heavy atom. The van der Waals surface area contributed by atoms with Crippen LogP contribution in [0.15, 0.2) is 41.6 Å². The molecule has 2 aromatic heterocycles. The van der Waals surface area contributed by atoms with E-state index in [9.17, 15) is 23.3 Å². The molecule has 1 N–H and O–H groups in total. The van der Waals surface area contributed by atoms with E-state index in [1.54, 1.807) is 63.0 Å². The number of sulfone groups is 1. The van der Waals surface area contributed by atoms with E-state index in [4.69, 9.17) is 19.3 Å². The van der Waals surface area contributed by atoms with E-state index < -0.39 is 39.6 Å². The number of benzene rings is 2. The summed E-state index contributed by atoms with van der Waals surface area (Å²) >= 11 is 0. The zero-order chi connectivity index (χ0) is 32.0. The van der Waals surface area contributed by atoms with Gasteiger partial charge in [-0.3, -0.25) is 9.58 Å². The maximum absolute atomic E-state index is 13.0. The van der Waals surface area contributed by atoms with Gasteiger partial charge < -0.3 is 19.2 Å². The number of hydrogen-bond donors (Lipinski definition) is 1. The number of H-pyrrole nitrogens is 1. The van der Waals surface area contributed by atoms with Crippen LogP contribution in [-0.2, 0) is 30.7 Å². The molecule has 2 aromatic carbocycles. The number of fused-ring (bicyclic) bond motifs is 2. The van der Waals surface area contributed by atoms with E-state index in [1.807, 2.05) is 13.0 Å². The molecule has 0 radical (unpaired) electrons. The number of aromatic amines is 1. The summed E-state index contributed by atoms with van der Waals surface area (Å²) in [6.07, 6.45) is 3.52. The van der Waals surface area contributed by atoms with Crippen LogP contribution >= 0.6 is 0 Å². The molecule has 1 fully saturated rings. The normalized spacial score (nSPS) is 17.2. The molecule has 0 aliphatic carbocycles. The lowest BCUT2D eigenvalue weighted by Gasteiger charge is -2.27. The predicted molar refractivity (Wildman–Crippen MR) is 162 cm³/mol. The fraction of sp³-hybridized carbons (Fsp3) is 0.419. The fourth-order valence-electron chi connectivity index (χ4n) is 5.53. The van der Waals surface area contributed by atoms with Crippen LogP contribution in [0.3, 0.4) is 0 Å². The Morgan fingerprint density at radius 1 is 1.23 bits per heavy atom. The second-order valence-electron chi connectivity index (χ2n) is 11.9. The first-order valence-electron chi connectivity index (χ1n) is 14.2. The average molecular weight is 622 g/mol. The molecule has 1 aliphatic heterocycles. The molecule has 0 bridgehead atoms. The number of amides is 1. The molecule has 2 atom stereocenters. The number of nitrogens with one attached hydrogen (secondary N) is 1. The quantitative estimate of drug-likeness (QED) is 0.294. The van der Waals surface area contributed by atoms with Crippen molar-refractivity contribution in [3.8, 4) is 11.8 Å². The van der Waals surface area contributed by atoms with Crippen molar-refractivity contribution in [3.05, 3.63) is 53.3 Å². The van der Waals surface area contributed by atoms with Crippen LogP contribution in [0.1, 0.15) is 50.8 Å². The Bertz CT molecular complexity index is 1910. The third-order valence-corrected chi connectivity index (χ3v) is 8.53. The van der Waals surface area contributed by atoms with Crippen molar-refractivity contribution in [2.24, 2.45) is 0 Å². The average Bonchev–Trinajstić information content (AvgIpc) is 3.67. The van der Waals surface area contributed by atoms with Crippen molar-refractivity contribution in [2.45, 2.75) is 70.2 Å². The van der Waals surface area contributed by atoms with Crippen LogP contribution in [0.25, 0.3) is 21.8 Å². The number of aryl methyl sites for hydroxylation is 1. The Labute approximate surface area is 255 Å². The zero-order valence-electron chi connectivity index (χ0n) is 25.5. The van der Waals surface area contributed by atoms with Crippen LogP contribution in [0.4, 0.5) is 4.79 Å². The maximum atomic E-state index is 13.0. The number of nitrogens with zero attached hydrogens (tertiary/aromatic N) is 4. The first kappa shape index (κ1) is 30.9. The summed E-state index contributed by atoms with van der Waals surface area (Å²) < 4.78 is 44.2. The minimum Gasteiger partial charge on any atom is -0.485 e. The molecule has 1 aliphatic rings. The van der Waals surface area contributed by atoms with Gasteiger partial charge >= 0.3 is 12.1 Å². The lowest BCUT2D eigenvalue weighted by Crippen LogP contribution is -2.44. The molecule has 12 nitrogen and oxygen atoms in total. The van der Waals surface area contributed by atoms with Crippen molar-refractivity contribution >= 4 is 43.7 Å². The molecule has 0 unspecified atom stereocenters. The molecule has 4 aromatic rings. The van der Waals surface area contributed by atoms with E-state index in [0.29, 0.717) is 16.5 Å². The fourth-order valence-corrected chi connectivity index (χ4v) is 6.54. The van der Waals surface area contributed by atoms with Gasteiger partial charge in [0.1, 0.15) is 29.3 Å². The van der Waals surface area contributed by atoms with Crippen LogP contribution in [0.2, 0.25) is 0 Å². The highest BCUT2D eigenvalue weighted by molar-refractivity contribution is 7.90. The first-order valence-corrected chi connectivity index (χ1v) is 16.1. The molecular formula is C31H35N5O7S. The van der Waals surface area contributed by atoms with Crippen LogP contribution in [-0.4, -0.2) is 77.3 Å². The van der Waals surface area contributed by atoms with Crippen molar-refractivity contribution in [2.75, 3.05) is 19.4 Å². The Kier molecular flexibility index (Phi) is 8.07. The number of ether oxygens (including phenoxy) is 3. The Hall–Kier alpha value is -4.57. The monoisotopic (exact) mass is 621 g/mol. The third kappa shape index (κ3) is 6.07. The van der Waals surface area contributed by atoms with Crippen molar-refractivity contribution in [1.82, 2.24) is 19.7 Å². The van der Waals surface area contributed by atoms with Gasteiger partial charge in [-0.25, -0.2) is 18.0 Å². The standard InChI is InChI=1S/C31H35N5O7S/c1-7-41-29(37)24-13-21(16-36(24)30(38)43-31(3,4)5)42-28-19(14-32)8-9-20-15-35(34-27(20)28)17-23-22-10-11-33-26(22)18(2)12-25(23)44(6,39)40/h8-12,15,21,24,33H,7,13,16-17H2,1-6H3/t21-,24+/m1/s1. The molecule has 5 rings (SSSR count). The van der Waals surface area contributed by atoms with Crippen LogP contribution in [0.5, 0.6) is 5.75 Å². The molecule has 1 amide bonds. The van der Waals surface area contributed by atoms with Gasteiger partial charge in [-0.15, -0.1) is 0 Å². The summed E-state index contributed by atoms with van der Waals surface area (Å²) in [5.41, 5.74) is 2.09. The maximum Gasteiger partial charge on any atom is 0.411 e. The minimum atomic E-state index is -3.55. The van der Waals surface area contributed by atoms with Crippen LogP contribution < -0.4 is 4.74 Å². The lowest BCUT2D eigenvalue weighted by atomic mass is 10.1. The van der Waals surface area contributed by atoms with E-state index >= 15 is 0 Å². The van der Waals surface area contributed by atoms with Gasteiger partial charge in [0.15, 0.2) is 15.6 Å². The highest BCUT2D eigenvalue weighted by Gasteiger charge is 2.44. The Morgan fingerprint density at radius 2 is 1.98 bits per heavy atom. The van der Waals surface area contributed by atoms with Crippen molar-refractivity contribution in [3.63, 3.8) is 0 Å². The number of likely N-dealkylation sites (tertiary alicyclic amines) is 1. The van der Waals surface area contributed by atoms with Gasteiger partial charge in [0.25, 0.3) is 0 Å². The minimum absolute atomic E-state index is 0.0346. The predicted octanol–water partition coefficient (Wildman–Crippen LogP) is 4.47. The molecule has 232 valence electrons. The van der Waals surface area contributed by atoms with Crippen molar-refractivity contribution in [1.29, 1.82) is 5.26 Å². The number of aromatic nitrogens is 3. The number of esters is 1. The lowest BCUT2D eigenvalue weighted by molar-refractivity contribution is -0.148. The molecule has 0 saturated carbocycles. The highest BCUT2D eigenvalue weighted by Crippen LogP contribution is 2.34. The molecule has 13 heteroatoms. The summed E-state index contributed by atoms with van der Waals surface area (Å²) in [7, 11) is -3.55. The summed E-state index contributed by atoms with van der Waals surface area (Å²) in [4.78, 5) is 30.5. The number of hydrogen-bond acceptors (Lipinski definition) is 9. The number of carbonyl (C=O) groups excluding carboxylic acids is 2. The number of nitriles is 1.